The topological polar surface area (TPSA) is 57.3 Å². The molecule has 0 bridgehead atoms. The van der Waals surface area contributed by atoms with Gasteiger partial charge >= 0.3 is 0 Å². The Hall–Kier alpha value is -1.78. The Balaban J connectivity index is 2.68. The van der Waals surface area contributed by atoms with E-state index in [4.69, 9.17) is 0 Å². The zero-order valence-electron chi connectivity index (χ0n) is 10.8. The summed E-state index contributed by atoms with van der Waals surface area (Å²) in [5.74, 6) is 0.0406. The maximum Gasteiger partial charge on any atom is 0.244 e. The van der Waals surface area contributed by atoms with Gasteiger partial charge in [0.2, 0.25) is 5.91 Å². The quantitative estimate of drug-likeness (QED) is 0.811. The summed E-state index contributed by atoms with van der Waals surface area (Å²) in [5.41, 5.74) is 1.79. The van der Waals surface area contributed by atoms with Gasteiger partial charge in [0.05, 0.1) is 23.8 Å². The van der Waals surface area contributed by atoms with E-state index in [2.05, 4.69) is 15.6 Å². The third-order valence-corrected chi connectivity index (χ3v) is 2.31. The summed E-state index contributed by atoms with van der Waals surface area (Å²) in [7, 11) is 3.49. The molecule has 5 nitrogen and oxygen atoms in total. The first kappa shape index (κ1) is 13.3. The fourth-order valence-electron chi connectivity index (χ4n) is 1.52. The molecular formula is C12H20N4O. The van der Waals surface area contributed by atoms with E-state index in [9.17, 15) is 4.79 Å². The van der Waals surface area contributed by atoms with Gasteiger partial charge in [-0.1, -0.05) is 0 Å². The van der Waals surface area contributed by atoms with Crippen LogP contribution in [0.5, 0.6) is 0 Å². The number of carbonyl (C=O) groups is 1. The number of carbonyl (C=O) groups excluding carboxylic acids is 1. The maximum atomic E-state index is 11.7. The van der Waals surface area contributed by atoms with Crippen LogP contribution in [0.1, 0.15) is 13.8 Å². The fourth-order valence-corrected chi connectivity index (χ4v) is 1.52. The van der Waals surface area contributed by atoms with Gasteiger partial charge in [0, 0.05) is 20.6 Å². The van der Waals surface area contributed by atoms with Gasteiger partial charge in [-0.05, 0) is 19.9 Å². The molecule has 0 aromatic carbocycles. The zero-order chi connectivity index (χ0) is 12.8. The molecule has 0 fully saturated rings. The molecule has 5 heteroatoms. The smallest absolute Gasteiger partial charge is 0.244 e. The fraction of sp³-hybridized carbons (Fsp3) is 0.500. The number of aromatic nitrogens is 1. The first-order valence-electron chi connectivity index (χ1n) is 5.71. The molecule has 0 aliphatic rings. The monoisotopic (exact) mass is 236 g/mol. The van der Waals surface area contributed by atoms with Gasteiger partial charge in [0.1, 0.15) is 6.04 Å². The van der Waals surface area contributed by atoms with Crippen molar-refractivity contribution in [2.45, 2.75) is 19.9 Å². The number of amides is 1. The van der Waals surface area contributed by atoms with Crippen molar-refractivity contribution in [1.82, 2.24) is 9.88 Å². The first-order valence-corrected chi connectivity index (χ1v) is 5.71. The summed E-state index contributed by atoms with van der Waals surface area (Å²) in [6.45, 7) is 4.71. The van der Waals surface area contributed by atoms with Crippen LogP contribution in [0, 0.1) is 0 Å². The normalized spacial score (nSPS) is 11.8. The number of anilines is 2. The van der Waals surface area contributed by atoms with Crippen LogP contribution in [0.25, 0.3) is 0 Å². The van der Waals surface area contributed by atoms with Gasteiger partial charge in [-0.15, -0.1) is 0 Å². The highest BCUT2D eigenvalue weighted by molar-refractivity contribution is 5.83. The Morgan fingerprint density at radius 2 is 2.06 bits per heavy atom. The first-order chi connectivity index (χ1) is 8.04. The lowest BCUT2D eigenvalue weighted by Gasteiger charge is -2.19. The minimum atomic E-state index is -0.260. The lowest BCUT2D eigenvalue weighted by Crippen LogP contribution is -2.36. The van der Waals surface area contributed by atoms with E-state index in [1.54, 1.807) is 31.4 Å². The summed E-state index contributed by atoms with van der Waals surface area (Å²) in [6, 6.07) is 1.68. The molecule has 1 aromatic heterocycles. The number of pyridine rings is 1. The van der Waals surface area contributed by atoms with Crippen LogP contribution in [0.2, 0.25) is 0 Å². The summed E-state index contributed by atoms with van der Waals surface area (Å²) in [5, 5.41) is 6.30. The van der Waals surface area contributed by atoms with E-state index < -0.39 is 0 Å². The Bertz CT molecular complexity index is 379. The van der Waals surface area contributed by atoms with Crippen molar-refractivity contribution in [1.29, 1.82) is 0 Å². The number of nitrogens with zero attached hydrogens (tertiary/aromatic N) is 2. The van der Waals surface area contributed by atoms with Gasteiger partial charge in [-0.2, -0.15) is 0 Å². The van der Waals surface area contributed by atoms with Crippen LogP contribution >= 0.6 is 0 Å². The second kappa shape index (κ2) is 6.08. The largest absolute Gasteiger partial charge is 0.384 e. The van der Waals surface area contributed by atoms with Crippen LogP contribution in [0.4, 0.5) is 11.4 Å². The van der Waals surface area contributed by atoms with Crippen LogP contribution in [0.3, 0.4) is 0 Å². The molecular weight excluding hydrogens is 216 g/mol. The number of hydrogen-bond donors (Lipinski definition) is 2. The number of nitrogens with one attached hydrogen (secondary N) is 2. The molecule has 0 saturated heterocycles. The van der Waals surface area contributed by atoms with E-state index in [-0.39, 0.29) is 11.9 Å². The van der Waals surface area contributed by atoms with Crippen molar-refractivity contribution < 1.29 is 4.79 Å². The number of hydrogen-bond acceptors (Lipinski definition) is 4. The van der Waals surface area contributed by atoms with Gasteiger partial charge in [-0.25, -0.2) is 0 Å². The Morgan fingerprint density at radius 3 is 2.65 bits per heavy atom. The van der Waals surface area contributed by atoms with E-state index in [1.807, 2.05) is 19.9 Å². The molecule has 0 radical (unpaired) electrons. The van der Waals surface area contributed by atoms with E-state index >= 15 is 0 Å². The molecule has 0 saturated carbocycles. The van der Waals surface area contributed by atoms with E-state index in [0.29, 0.717) is 0 Å². The van der Waals surface area contributed by atoms with Crippen molar-refractivity contribution in [3.8, 4) is 0 Å². The molecule has 0 spiro atoms. The third-order valence-electron chi connectivity index (χ3n) is 2.31. The minimum Gasteiger partial charge on any atom is -0.384 e. The van der Waals surface area contributed by atoms with E-state index in [1.165, 1.54) is 0 Å². The molecule has 1 rings (SSSR count). The number of rotatable bonds is 5. The van der Waals surface area contributed by atoms with Gasteiger partial charge < -0.3 is 15.5 Å². The molecule has 0 aliphatic heterocycles. The van der Waals surface area contributed by atoms with Gasteiger partial charge in [0.25, 0.3) is 0 Å². The molecule has 94 valence electrons. The Labute approximate surface area is 102 Å². The second-order valence-corrected chi connectivity index (χ2v) is 4.09. The third kappa shape index (κ3) is 3.94. The summed E-state index contributed by atoms with van der Waals surface area (Å²) in [4.78, 5) is 17.4. The molecule has 1 unspecified atom stereocenters. The molecule has 1 aromatic rings. The van der Waals surface area contributed by atoms with Crippen molar-refractivity contribution in [3.05, 3.63) is 18.5 Å². The van der Waals surface area contributed by atoms with E-state index in [0.717, 1.165) is 17.9 Å². The molecule has 2 N–H and O–H groups in total. The van der Waals surface area contributed by atoms with Crippen LogP contribution in [-0.2, 0) is 4.79 Å². The second-order valence-electron chi connectivity index (χ2n) is 4.09. The van der Waals surface area contributed by atoms with Gasteiger partial charge in [0.15, 0.2) is 0 Å². The van der Waals surface area contributed by atoms with Crippen LogP contribution in [-0.4, -0.2) is 42.5 Å². The van der Waals surface area contributed by atoms with Crippen molar-refractivity contribution in [3.63, 3.8) is 0 Å². The summed E-state index contributed by atoms with van der Waals surface area (Å²) >= 11 is 0. The lowest BCUT2D eigenvalue weighted by atomic mass is 10.2. The highest BCUT2D eigenvalue weighted by Crippen LogP contribution is 2.13. The van der Waals surface area contributed by atoms with Crippen LogP contribution in [0.15, 0.2) is 18.5 Å². The number of likely N-dealkylation sites (N-methyl/N-ethyl adjacent to an activating group) is 1. The predicted octanol–water partition coefficient (Wildman–Crippen LogP) is 1.40. The summed E-state index contributed by atoms with van der Waals surface area (Å²) in [6.07, 6.45) is 3.47. The average Bonchev–Trinajstić information content (AvgIpc) is 2.28. The highest BCUT2D eigenvalue weighted by Gasteiger charge is 2.14. The average molecular weight is 236 g/mol. The van der Waals surface area contributed by atoms with Crippen LogP contribution < -0.4 is 10.6 Å². The van der Waals surface area contributed by atoms with Crippen molar-refractivity contribution in [2.75, 3.05) is 31.3 Å². The summed E-state index contributed by atoms with van der Waals surface area (Å²) < 4.78 is 0. The SMILES string of the molecule is CCNc1cncc(NC(C)C(=O)N(C)C)c1. The maximum absolute atomic E-state index is 11.7. The molecule has 17 heavy (non-hydrogen) atoms. The Kier molecular flexibility index (Phi) is 4.75. The zero-order valence-corrected chi connectivity index (χ0v) is 10.8. The lowest BCUT2D eigenvalue weighted by molar-refractivity contribution is -0.129. The Morgan fingerprint density at radius 1 is 1.41 bits per heavy atom. The highest BCUT2D eigenvalue weighted by atomic mass is 16.2. The standard InChI is InChI=1S/C12H20N4O/c1-5-14-10-6-11(8-13-7-10)15-9(2)12(17)16(3)4/h6-9,14-15H,5H2,1-4H3. The molecule has 1 atom stereocenters. The molecule has 1 heterocycles. The minimum absolute atomic E-state index is 0.0406. The van der Waals surface area contributed by atoms with Crippen molar-refractivity contribution in [2.24, 2.45) is 0 Å². The van der Waals surface area contributed by atoms with Crippen molar-refractivity contribution >= 4 is 17.3 Å². The predicted molar refractivity (Wildman–Crippen MR) is 70.2 cm³/mol. The van der Waals surface area contributed by atoms with Gasteiger partial charge in [-0.3, -0.25) is 9.78 Å². The molecule has 1 amide bonds. The molecule has 0 aliphatic carbocycles.